The van der Waals surface area contributed by atoms with Crippen molar-refractivity contribution in [2.24, 2.45) is 0 Å². The Labute approximate surface area is 130 Å². The second-order valence-electron chi connectivity index (χ2n) is 5.36. The van der Waals surface area contributed by atoms with Gasteiger partial charge in [0.05, 0.1) is 13.7 Å². The first-order valence-electron chi connectivity index (χ1n) is 7.67. The number of furan rings is 1. The highest BCUT2D eigenvalue weighted by molar-refractivity contribution is 5.83. The number of benzene rings is 2. The third-order valence-corrected chi connectivity index (χ3v) is 3.74. The quantitative estimate of drug-likeness (QED) is 0.664. The van der Waals surface area contributed by atoms with Gasteiger partial charge < -0.3 is 14.5 Å². The van der Waals surface area contributed by atoms with Gasteiger partial charge >= 0.3 is 0 Å². The molecule has 1 aromatic heterocycles. The summed E-state index contributed by atoms with van der Waals surface area (Å²) in [5.41, 5.74) is 2.21. The highest BCUT2D eigenvalue weighted by Gasteiger charge is 2.07. The number of nitrogens with one attached hydrogen (secondary N) is 1. The van der Waals surface area contributed by atoms with Gasteiger partial charge in [-0.15, -0.1) is 0 Å². The number of para-hydroxylation sites is 1. The zero-order valence-corrected chi connectivity index (χ0v) is 12.8. The van der Waals surface area contributed by atoms with Crippen molar-refractivity contribution in [3.8, 4) is 5.75 Å². The predicted molar refractivity (Wildman–Crippen MR) is 89.2 cm³/mol. The van der Waals surface area contributed by atoms with Crippen LogP contribution in [-0.2, 0) is 13.0 Å². The molecule has 3 nitrogen and oxygen atoms in total. The van der Waals surface area contributed by atoms with Crippen LogP contribution in [0.15, 0.2) is 59.0 Å². The van der Waals surface area contributed by atoms with Crippen LogP contribution in [0.25, 0.3) is 11.0 Å². The fraction of sp³-hybridized carbons (Fsp3) is 0.263. The lowest BCUT2D eigenvalue weighted by atomic mass is 10.1. The van der Waals surface area contributed by atoms with Gasteiger partial charge in [0.15, 0.2) is 11.3 Å². The normalized spacial score (nSPS) is 11.0. The molecule has 1 heterocycles. The Kier molecular flexibility index (Phi) is 4.76. The summed E-state index contributed by atoms with van der Waals surface area (Å²) in [6, 6.07) is 18.6. The monoisotopic (exact) mass is 295 g/mol. The number of ether oxygens (including phenoxy) is 1. The second kappa shape index (κ2) is 7.14. The first-order chi connectivity index (χ1) is 10.9. The summed E-state index contributed by atoms with van der Waals surface area (Å²) < 4.78 is 11.2. The van der Waals surface area contributed by atoms with E-state index in [1.54, 1.807) is 7.11 Å². The zero-order valence-electron chi connectivity index (χ0n) is 12.8. The van der Waals surface area contributed by atoms with Gasteiger partial charge in [-0.25, -0.2) is 0 Å². The fourth-order valence-corrected chi connectivity index (χ4v) is 2.61. The minimum Gasteiger partial charge on any atom is -0.493 e. The molecule has 22 heavy (non-hydrogen) atoms. The number of hydrogen-bond donors (Lipinski definition) is 1. The maximum atomic E-state index is 5.87. The van der Waals surface area contributed by atoms with E-state index in [0.717, 1.165) is 48.4 Å². The fourth-order valence-electron chi connectivity index (χ4n) is 2.61. The average Bonchev–Trinajstić information content (AvgIpc) is 2.98. The summed E-state index contributed by atoms with van der Waals surface area (Å²) in [6.07, 6.45) is 2.22. The van der Waals surface area contributed by atoms with Crippen LogP contribution in [0.5, 0.6) is 5.75 Å². The van der Waals surface area contributed by atoms with E-state index in [1.807, 2.05) is 18.2 Å². The minimum atomic E-state index is 0.743. The molecule has 0 aliphatic rings. The lowest BCUT2D eigenvalue weighted by Crippen LogP contribution is -2.14. The molecule has 1 N–H and O–H groups in total. The van der Waals surface area contributed by atoms with Gasteiger partial charge in [-0.1, -0.05) is 42.5 Å². The number of aryl methyl sites for hydroxylation is 1. The van der Waals surface area contributed by atoms with Crippen LogP contribution >= 0.6 is 0 Å². The van der Waals surface area contributed by atoms with Crippen LogP contribution in [0.3, 0.4) is 0 Å². The summed E-state index contributed by atoms with van der Waals surface area (Å²) in [5.74, 6) is 1.73. The highest BCUT2D eigenvalue weighted by Crippen LogP contribution is 2.28. The van der Waals surface area contributed by atoms with Crippen molar-refractivity contribution in [1.82, 2.24) is 5.32 Å². The lowest BCUT2D eigenvalue weighted by Gasteiger charge is -2.03. The first-order valence-corrected chi connectivity index (χ1v) is 7.67. The van der Waals surface area contributed by atoms with Crippen LogP contribution in [0.4, 0.5) is 0 Å². The Bertz CT molecular complexity index is 719. The van der Waals surface area contributed by atoms with Crippen molar-refractivity contribution in [3.63, 3.8) is 0 Å². The molecule has 0 unspecified atom stereocenters. The van der Waals surface area contributed by atoms with Gasteiger partial charge in [-0.2, -0.15) is 0 Å². The standard InChI is InChI=1S/C19H21NO2/c1-21-18-11-5-10-16-13-17(22-19(16)18)14-20-12-6-9-15-7-3-2-4-8-15/h2-5,7-8,10-11,13,20H,6,9,12,14H2,1H3. The largest absolute Gasteiger partial charge is 0.493 e. The van der Waals surface area contributed by atoms with Crippen molar-refractivity contribution >= 4 is 11.0 Å². The molecule has 0 atom stereocenters. The van der Waals surface area contributed by atoms with Gasteiger partial charge in [0.25, 0.3) is 0 Å². The lowest BCUT2D eigenvalue weighted by molar-refractivity contribution is 0.406. The molecule has 0 radical (unpaired) electrons. The van der Waals surface area contributed by atoms with Crippen LogP contribution in [0.2, 0.25) is 0 Å². The van der Waals surface area contributed by atoms with Crippen LogP contribution in [0.1, 0.15) is 17.7 Å². The van der Waals surface area contributed by atoms with Gasteiger partial charge in [0.1, 0.15) is 5.76 Å². The molecular formula is C19H21NO2. The Morgan fingerprint density at radius 2 is 1.91 bits per heavy atom. The number of hydrogen-bond acceptors (Lipinski definition) is 3. The molecule has 0 spiro atoms. The van der Waals surface area contributed by atoms with Crippen LogP contribution in [0, 0.1) is 0 Å². The maximum absolute atomic E-state index is 5.87. The molecule has 0 fully saturated rings. The smallest absolute Gasteiger partial charge is 0.176 e. The summed E-state index contributed by atoms with van der Waals surface area (Å²) in [7, 11) is 1.67. The predicted octanol–water partition coefficient (Wildman–Crippen LogP) is 4.16. The molecule has 114 valence electrons. The minimum absolute atomic E-state index is 0.743. The van der Waals surface area contributed by atoms with Crippen molar-refractivity contribution in [3.05, 3.63) is 65.9 Å². The van der Waals surface area contributed by atoms with Gasteiger partial charge in [0.2, 0.25) is 0 Å². The molecule has 0 saturated heterocycles. The van der Waals surface area contributed by atoms with E-state index in [0.29, 0.717) is 0 Å². The molecule has 0 aliphatic heterocycles. The molecule has 0 amide bonds. The average molecular weight is 295 g/mol. The molecule has 2 aromatic carbocycles. The van der Waals surface area contributed by atoms with Crippen LogP contribution < -0.4 is 10.1 Å². The number of methoxy groups -OCH3 is 1. The van der Waals surface area contributed by atoms with E-state index in [4.69, 9.17) is 9.15 Å². The highest BCUT2D eigenvalue weighted by atomic mass is 16.5. The molecule has 3 rings (SSSR count). The Hall–Kier alpha value is -2.26. The molecular weight excluding hydrogens is 274 g/mol. The zero-order chi connectivity index (χ0) is 15.2. The summed E-state index contributed by atoms with van der Waals surface area (Å²) >= 11 is 0. The van der Waals surface area contributed by atoms with E-state index in [9.17, 15) is 0 Å². The summed E-state index contributed by atoms with van der Waals surface area (Å²) in [4.78, 5) is 0. The van der Waals surface area contributed by atoms with E-state index in [-0.39, 0.29) is 0 Å². The van der Waals surface area contributed by atoms with Crippen molar-refractivity contribution in [2.75, 3.05) is 13.7 Å². The number of rotatable bonds is 7. The van der Waals surface area contributed by atoms with Gasteiger partial charge in [-0.05, 0) is 37.1 Å². The Morgan fingerprint density at radius 3 is 2.73 bits per heavy atom. The van der Waals surface area contributed by atoms with Gasteiger partial charge in [0, 0.05) is 5.39 Å². The first kappa shape index (κ1) is 14.7. The van der Waals surface area contributed by atoms with E-state index < -0.39 is 0 Å². The summed E-state index contributed by atoms with van der Waals surface area (Å²) in [5, 5.41) is 4.52. The molecule has 0 saturated carbocycles. The molecule has 0 bridgehead atoms. The number of fused-ring (bicyclic) bond motifs is 1. The van der Waals surface area contributed by atoms with E-state index >= 15 is 0 Å². The van der Waals surface area contributed by atoms with Crippen LogP contribution in [-0.4, -0.2) is 13.7 Å². The van der Waals surface area contributed by atoms with E-state index in [1.165, 1.54) is 5.56 Å². The van der Waals surface area contributed by atoms with Crippen molar-refractivity contribution in [1.29, 1.82) is 0 Å². The Morgan fingerprint density at radius 1 is 1.05 bits per heavy atom. The topological polar surface area (TPSA) is 34.4 Å². The third-order valence-electron chi connectivity index (χ3n) is 3.74. The van der Waals surface area contributed by atoms with E-state index in [2.05, 4.69) is 41.7 Å². The maximum Gasteiger partial charge on any atom is 0.176 e. The van der Waals surface area contributed by atoms with Crippen molar-refractivity contribution < 1.29 is 9.15 Å². The molecule has 3 aromatic rings. The SMILES string of the molecule is COc1cccc2cc(CNCCCc3ccccc3)oc12. The molecule has 3 heteroatoms. The Balaban J connectivity index is 1.49. The van der Waals surface area contributed by atoms with Gasteiger partial charge in [-0.3, -0.25) is 0 Å². The molecule has 0 aliphatic carbocycles. The van der Waals surface area contributed by atoms with Crippen molar-refractivity contribution in [2.45, 2.75) is 19.4 Å². The second-order valence-corrected chi connectivity index (χ2v) is 5.36. The summed E-state index contributed by atoms with van der Waals surface area (Å²) in [6.45, 7) is 1.72. The third kappa shape index (κ3) is 3.49.